The molecular formula is C66H111BrN2O12. The molecule has 0 aliphatic rings. The Bertz CT molecular complexity index is 1920. The first kappa shape index (κ1) is 76.7. The molecule has 0 aliphatic carbocycles. The fraction of sp³-hybridized carbons (Fsp3) is 0.727. The van der Waals surface area contributed by atoms with Crippen LogP contribution in [0.1, 0.15) is 269 Å². The maximum atomic E-state index is 11.9. The van der Waals surface area contributed by atoms with Crippen molar-refractivity contribution in [2.45, 2.75) is 271 Å². The molecule has 2 aromatic rings. The van der Waals surface area contributed by atoms with Crippen LogP contribution in [0, 0.1) is 0 Å². The molecule has 81 heavy (non-hydrogen) atoms. The van der Waals surface area contributed by atoms with Crippen LogP contribution in [0.15, 0.2) is 48.5 Å². The van der Waals surface area contributed by atoms with E-state index in [2.05, 4.69) is 30.9 Å². The van der Waals surface area contributed by atoms with Gasteiger partial charge in [-0.3, -0.25) is 24.1 Å². The highest BCUT2D eigenvalue weighted by atomic mass is 79.9. The Morgan fingerprint density at radius 1 is 0.383 bits per heavy atom. The summed E-state index contributed by atoms with van der Waals surface area (Å²) in [5, 5.41) is 4.31. The molecule has 0 atom stereocenters. The topological polar surface area (TPSA) is 173 Å². The third kappa shape index (κ3) is 48.9. The van der Waals surface area contributed by atoms with Gasteiger partial charge in [-0.25, -0.2) is 9.59 Å². The van der Waals surface area contributed by atoms with Crippen molar-refractivity contribution >= 4 is 51.7 Å². The zero-order chi connectivity index (χ0) is 61.2. The van der Waals surface area contributed by atoms with E-state index in [4.69, 9.17) is 23.7 Å². The minimum absolute atomic E-state index is 0.0796. The standard InChI is InChI=1S/C33H55NO6.C24H47NO4.C9H9BrO2/c1-32(2,3)39-29(35)18-14-10-8-12-16-24-34(26-27-20-22-28(23-21-27)31(37)38-7)25-17-13-9-11-15-19-30(36)40-33(4,5)6;1-23(2,3)28-21(26)17-13-9-7-11-15-19-25-20-16-12-8-10-14-18-22(27)29-24(4,5)6;1-12-9(11)8-4-2-7(6-10)3-5-8/h20-23H,8-19,24-26H2,1-7H3;25H,7-20H2,1-6H3;2-5H,6H2,1H3. The van der Waals surface area contributed by atoms with Gasteiger partial charge in [-0.15, -0.1) is 0 Å². The molecule has 0 bridgehead atoms. The van der Waals surface area contributed by atoms with Crippen molar-refractivity contribution in [2.75, 3.05) is 40.4 Å². The molecule has 0 aliphatic heterocycles. The molecule has 14 nitrogen and oxygen atoms in total. The predicted molar refractivity (Wildman–Crippen MR) is 331 cm³/mol. The number of carbonyl (C=O) groups is 6. The van der Waals surface area contributed by atoms with Crippen LogP contribution in [0.25, 0.3) is 0 Å². The van der Waals surface area contributed by atoms with Gasteiger partial charge in [0.05, 0.1) is 25.3 Å². The molecule has 0 fully saturated rings. The van der Waals surface area contributed by atoms with Gasteiger partial charge in [-0.2, -0.15) is 0 Å². The van der Waals surface area contributed by atoms with Crippen molar-refractivity contribution in [3.63, 3.8) is 0 Å². The van der Waals surface area contributed by atoms with E-state index >= 15 is 0 Å². The lowest BCUT2D eigenvalue weighted by molar-refractivity contribution is -0.156. The number of hydrogen-bond acceptors (Lipinski definition) is 14. The van der Waals surface area contributed by atoms with Crippen molar-refractivity contribution in [3.8, 4) is 0 Å². The molecule has 0 saturated heterocycles. The van der Waals surface area contributed by atoms with Crippen LogP contribution in [0.5, 0.6) is 0 Å². The quantitative estimate of drug-likeness (QED) is 0.0293. The number of hydrogen-bond donors (Lipinski definition) is 1. The fourth-order valence-corrected chi connectivity index (χ4v) is 8.68. The Balaban J connectivity index is 0.00000135. The number of unbranched alkanes of at least 4 members (excludes halogenated alkanes) is 16. The Morgan fingerprint density at radius 2 is 0.642 bits per heavy atom. The lowest BCUT2D eigenvalue weighted by Crippen LogP contribution is -2.25. The SMILES string of the molecule is CC(C)(C)OC(=O)CCCCCCCNCCCCCCCC(=O)OC(C)(C)C.COC(=O)c1ccc(CBr)cc1.COC(=O)c1ccc(CN(CCCCCCCC(=O)OC(C)(C)C)CCCCCCCC(=O)OC(C)(C)C)cc1. The largest absolute Gasteiger partial charge is 0.465 e. The van der Waals surface area contributed by atoms with Gasteiger partial charge in [0, 0.05) is 37.6 Å². The van der Waals surface area contributed by atoms with Gasteiger partial charge < -0.3 is 33.7 Å². The molecule has 15 heteroatoms. The van der Waals surface area contributed by atoms with Crippen molar-refractivity contribution < 1.29 is 57.2 Å². The van der Waals surface area contributed by atoms with Gasteiger partial charge >= 0.3 is 35.8 Å². The van der Waals surface area contributed by atoms with E-state index in [-0.39, 0.29) is 47.0 Å². The number of benzene rings is 2. The van der Waals surface area contributed by atoms with Crippen molar-refractivity contribution in [1.82, 2.24) is 10.2 Å². The minimum atomic E-state index is -0.416. The fourth-order valence-electron chi connectivity index (χ4n) is 8.30. The maximum absolute atomic E-state index is 11.9. The number of methoxy groups -OCH3 is 2. The summed E-state index contributed by atoms with van der Waals surface area (Å²) >= 11 is 3.32. The van der Waals surface area contributed by atoms with Crippen LogP contribution in [-0.4, -0.2) is 104 Å². The first-order valence-electron chi connectivity index (χ1n) is 30.3. The van der Waals surface area contributed by atoms with Gasteiger partial charge in [0.25, 0.3) is 0 Å². The molecule has 0 amide bonds. The summed E-state index contributed by atoms with van der Waals surface area (Å²) in [5.74, 6) is -0.991. The Labute approximate surface area is 499 Å². The van der Waals surface area contributed by atoms with E-state index in [0.29, 0.717) is 36.8 Å². The number of nitrogens with one attached hydrogen (secondary N) is 1. The van der Waals surface area contributed by atoms with Gasteiger partial charge in [0.15, 0.2) is 0 Å². The van der Waals surface area contributed by atoms with E-state index in [0.717, 1.165) is 134 Å². The summed E-state index contributed by atoms with van der Waals surface area (Å²) in [6.07, 6.45) is 23.8. The molecule has 464 valence electrons. The van der Waals surface area contributed by atoms with Crippen molar-refractivity contribution in [3.05, 3.63) is 70.8 Å². The van der Waals surface area contributed by atoms with Gasteiger partial charge in [-0.05, 0) is 196 Å². The summed E-state index contributed by atoms with van der Waals surface area (Å²) < 4.78 is 30.8. The van der Waals surface area contributed by atoms with E-state index < -0.39 is 11.2 Å². The monoisotopic (exact) mass is 1200 g/mol. The number of esters is 6. The van der Waals surface area contributed by atoms with E-state index in [1.54, 1.807) is 12.1 Å². The highest BCUT2D eigenvalue weighted by molar-refractivity contribution is 9.08. The number of halogens is 1. The molecule has 0 saturated carbocycles. The van der Waals surface area contributed by atoms with E-state index in [9.17, 15) is 28.8 Å². The summed E-state index contributed by atoms with van der Waals surface area (Å²) in [7, 11) is 2.77. The number of carbonyl (C=O) groups excluding carboxylic acids is 6. The van der Waals surface area contributed by atoms with Gasteiger partial charge in [0.2, 0.25) is 0 Å². The lowest BCUT2D eigenvalue weighted by Gasteiger charge is -2.23. The highest BCUT2D eigenvalue weighted by Crippen LogP contribution is 2.18. The van der Waals surface area contributed by atoms with Crippen LogP contribution in [0.3, 0.4) is 0 Å². The minimum Gasteiger partial charge on any atom is -0.465 e. The molecule has 0 radical (unpaired) electrons. The summed E-state index contributed by atoms with van der Waals surface area (Å²) in [4.78, 5) is 72.2. The maximum Gasteiger partial charge on any atom is 0.337 e. The number of nitrogens with zero attached hydrogens (tertiary/aromatic N) is 1. The second kappa shape index (κ2) is 44.2. The van der Waals surface area contributed by atoms with Crippen LogP contribution < -0.4 is 5.32 Å². The molecule has 0 unspecified atom stereocenters. The molecular weight excluding hydrogens is 1090 g/mol. The summed E-state index contributed by atoms with van der Waals surface area (Å²) in [6, 6.07) is 15.0. The average Bonchev–Trinajstić information content (AvgIpc) is 3.37. The number of rotatable bonds is 37. The molecule has 0 heterocycles. The van der Waals surface area contributed by atoms with Crippen molar-refractivity contribution in [1.29, 1.82) is 0 Å². The van der Waals surface area contributed by atoms with Gasteiger partial charge in [0.1, 0.15) is 22.4 Å². The first-order valence-corrected chi connectivity index (χ1v) is 31.4. The Morgan fingerprint density at radius 3 is 0.914 bits per heavy atom. The molecule has 0 aromatic heterocycles. The third-order valence-corrected chi connectivity index (χ3v) is 12.8. The normalized spacial score (nSPS) is 11.6. The van der Waals surface area contributed by atoms with Crippen LogP contribution in [0.2, 0.25) is 0 Å². The third-order valence-electron chi connectivity index (χ3n) is 12.2. The zero-order valence-electron chi connectivity index (χ0n) is 53.1. The zero-order valence-corrected chi connectivity index (χ0v) is 54.6. The van der Waals surface area contributed by atoms with Crippen LogP contribution in [0.4, 0.5) is 0 Å². The molecule has 2 rings (SSSR count). The van der Waals surface area contributed by atoms with Crippen LogP contribution >= 0.6 is 15.9 Å². The number of alkyl halides is 1. The molecule has 0 spiro atoms. The van der Waals surface area contributed by atoms with E-state index in [1.165, 1.54) is 58.3 Å². The summed E-state index contributed by atoms with van der Waals surface area (Å²) in [5.41, 5.74) is 1.90. The highest BCUT2D eigenvalue weighted by Gasteiger charge is 2.19. The summed E-state index contributed by atoms with van der Waals surface area (Å²) in [6.45, 7) is 27.9. The van der Waals surface area contributed by atoms with Gasteiger partial charge in [-0.1, -0.05) is 117 Å². The smallest absolute Gasteiger partial charge is 0.337 e. The Hall–Kier alpha value is -4.34. The second-order valence-corrected chi connectivity index (χ2v) is 25.5. The molecule has 2 aromatic carbocycles. The van der Waals surface area contributed by atoms with Crippen LogP contribution in [-0.2, 0) is 59.5 Å². The Kier molecular flexibility index (Phi) is 41.8. The second-order valence-electron chi connectivity index (χ2n) is 25.0. The number of ether oxygens (including phenoxy) is 6. The first-order chi connectivity index (χ1) is 38.1. The average molecular weight is 1200 g/mol. The van der Waals surface area contributed by atoms with E-state index in [1.807, 2.05) is 119 Å². The predicted octanol–water partition coefficient (Wildman–Crippen LogP) is 15.9. The lowest BCUT2D eigenvalue weighted by atomic mass is 10.1. The molecule has 1 N–H and O–H groups in total. The van der Waals surface area contributed by atoms with Crippen molar-refractivity contribution in [2.24, 2.45) is 0 Å².